The Morgan fingerprint density at radius 1 is 1.12 bits per heavy atom. The summed E-state index contributed by atoms with van der Waals surface area (Å²) in [6.45, 7) is 13.6. The van der Waals surface area contributed by atoms with Gasteiger partial charge < -0.3 is 9.47 Å². The number of hydrazone groups is 1. The molecule has 0 radical (unpaired) electrons. The first-order valence-corrected chi connectivity index (χ1v) is 11.7. The number of benzene rings is 2. The van der Waals surface area contributed by atoms with Crippen molar-refractivity contribution >= 4 is 17.8 Å². The predicted molar refractivity (Wildman–Crippen MR) is 137 cm³/mol. The van der Waals surface area contributed by atoms with Gasteiger partial charge in [0.2, 0.25) is 0 Å². The van der Waals surface area contributed by atoms with Crippen LogP contribution in [-0.4, -0.2) is 28.3 Å². The van der Waals surface area contributed by atoms with E-state index in [0.29, 0.717) is 17.5 Å². The molecule has 0 spiro atoms. The Balaban J connectivity index is 1.58. The van der Waals surface area contributed by atoms with E-state index in [-0.39, 0.29) is 11.4 Å². The molecule has 33 heavy (non-hydrogen) atoms. The fourth-order valence-corrected chi connectivity index (χ4v) is 5.34. The average Bonchev–Trinajstić information content (AvgIpc) is 3.28. The molecule has 0 aliphatic carbocycles. The molecule has 0 unspecified atom stereocenters. The first kappa shape index (κ1) is 22.8. The minimum absolute atomic E-state index is 0.115. The largest absolute Gasteiger partial charge is 0.364 e. The normalized spacial score (nSPS) is 17.4. The average molecular weight is 443 g/mol. The Morgan fingerprint density at radius 2 is 1.82 bits per heavy atom. The van der Waals surface area contributed by atoms with Gasteiger partial charge in [0.05, 0.1) is 17.5 Å². The maximum Gasteiger partial charge on any atom is 0.273 e. The summed E-state index contributed by atoms with van der Waals surface area (Å²) in [7, 11) is 0. The maximum absolute atomic E-state index is 12.9. The predicted octanol–water partition coefficient (Wildman–Crippen LogP) is 6.05. The number of hydrogen-bond acceptors (Lipinski definition) is 3. The van der Waals surface area contributed by atoms with Crippen molar-refractivity contribution in [2.45, 2.75) is 65.5 Å². The highest BCUT2D eigenvalue weighted by atomic mass is 16.2. The smallest absolute Gasteiger partial charge is 0.273 e. The van der Waals surface area contributed by atoms with Crippen molar-refractivity contribution in [1.82, 2.24) is 9.99 Å². The van der Waals surface area contributed by atoms with Crippen LogP contribution in [-0.2, 0) is 0 Å². The Kier molecular flexibility index (Phi) is 6.15. The highest BCUT2D eigenvalue weighted by molar-refractivity contribution is 5.98. The van der Waals surface area contributed by atoms with Crippen molar-refractivity contribution in [2.75, 3.05) is 4.90 Å². The Morgan fingerprint density at radius 3 is 2.52 bits per heavy atom. The summed E-state index contributed by atoms with van der Waals surface area (Å²) in [6.07, 6.45) is 6.71. The summed E-state index contributed by atoms with van der Waals surface area (Å²) in [5, 5.41) is 4.31. The number of anilines is 1. The number of carbonyl (C=O) groups excluding carboxylic acids is 1. The molecular formula is C28H34N4O. The topological polar surface area (TPSA) is 49.6 Å². The SMILES string of the molecule is Cc1cc2c(cc1/C=N\NC(=O)c1ccccc1-n1cccc1)[C@@H](C)CC(C)(C)N2C(C)C. The lowest BCUT2D eigenvalue weighted by atomic mass is 9.78. The molecule has 1 aromatic heterocycles. The summed E-state index contributed by atoms with van der Waals surface area (Å²) in [5.74, 6) is 0.230. The van der Waals surface area contributed by atoms with Crippen LogP contribution in [0, 0.1) is 6.92 Å². The fourth-order valence-electron chi connectivity index (χ4n) is 5.34. The van der Waals surface area contributed by atoms with E-state index in [1.54, 1.807) is 6.21 Å². The number of aryl methyl sites for hydroxylation is 1. The van der Waals surface area contributed by atoms with Crippen molar-refractivity contribution in [3.63, 3.8) is 0 Å². The molecule has 172 valence electrons. The molecule has 0 saturated carbocycles. The van der Waals surface area contributed by atoms with E-state index in [9.17, 15) is 4.79 Å². The third-order valence-corrected chi connectivity index (χ3v) is 6.58. The molecule has 5 nitrogen and oxygen atoms in total. The number of para-hydroxylation sites is 1. The summed E-state index contributed by atoms with van der Waals surface area (Å²) in [5.41, 5.74) is 9.07. The van der Waals surface area contributed by atoms with Crippen molar-refractivity contribution in [2.24, 2.45) is 5.10 Å². The molecule has 0 bridgehead atoms. The van der Waals surface area contributed by atoms with E-state index < -0.39 is 0 Å². The van der Waals surface area contributed by atoms with Gasteiger partial charge in [0.25, 0.3) is 5.91 Å². The summed E-state index contributed by atoms with van der Waals surface area (Å²) in [6, 6.07) is 16.3. The zero-order valence-corrected chi connectivity index (χ0v) is 20.5. The quantitative estimate of drug-likeness (QED) is 0.386. The Labute approximate surface area is 197 Å². The van der Waals surface area contributed by atoms with Crippen molar-refractivity contribution in [1.29, 1.82) is 0 Å². The lowest BCUT2D eigenvalue weighted by molar-refractivity contribution is 0.0955. The molecule has 1 N–H and O–H groups in total. The second-order valence-electron chi connectivity index (χ2n) is 9.96. The molecule has 5 heteroatoms. The minimum atomic E-state index is -0.229. The summed E-state index contributed by atoms with van der Waals surface area (Å²) >= 11 is 0. The van der Waals surface area contributed by atoms with Gasteiger partial charge in [0.1, 0.15) is 0 Å². The summed E-state index contributed by atoms with van der Waals surface area (Å²) in [4.78, 5) is 15.4. The van der Waals surface area contributed by atoms with Crippen LogP contribution in [0.4, 0.5) is 5.69 Å². The third kappa shape index (κ3) is 4.45. The minimum Gasteiger partial charge on any atom is -0.364 e. The zero-order chi connectivity index (χ0) is 23.8. The number of hydrogen-bond donors (Lipinski definition) is 1. The van der Waals surface area contributed by atoms with Gasteiger partial charge in [-0.15, -0.1) is 0 Å². The third-order valence-electron chi connectivity index (χ3n) is 6.58. The lowest BCUT2D eigenvalue weighted by Crippen LogP contribution is -2.51. The van der Waals surface area contributed by atoms with Gasteiger partial charge >= 0.3 is 0 Å². The standard InChI is InChI=1S/C28H34N4O/c1-19(2)32-26-15-20(3)22(16-24(26)21(4)17-28(32,5)6)18-29-30-27(33)23-11-7-8-12-25(23)31-13-9-10-14-31/h7-16,18-19,21H,17H2,1-6H3,(H,30,33)/b29-18-/t21-/m0/s1. The van der Waals surface area contributed by atoms with Crippen LogP contribution in [0.2, 0.25) is 0 Å². The van der Waals surface area contributed by atoms with Crippen LogP contribution in [0.1, 0.15) is 74.0 Å². The van der Waals surface area contributed by atoms with Gasteiger partial charge in [0.15, 0.2) is 0 Å². The highest BCUT2D eigenvalue weighted by Crippen LogP contribution is 2.45. The van der Waals surface area contributed by atoms with Gasteiger partial charge in [-0.2, -0.15) is 5.10 Å². The molecular weight excluding hydrogens is 408 g/mol. The maximum atomic E-state index is 12.9. The first-order chi connectivity index (χ1) is 15.7. The molecule has 0 saturated heterocycles. The van der Waals surface area contributed by atoms with E-state index in [1.807, 2.05) is 53.4 Å². The molecule has 0 fully saturated rings. The van der Waals surface area contributed by atoms with Crippen molar-refractivity contribution < 1.29 is 4.79 Å². The van der Waals surface area contributed by atoms with Gasteiger partial charge in [-0.1, -0.05) is 19.1 Å². The molecule has 1 aliphatic heterocycles. The second kappa shape index (κ2) is 8.89. The van der Waals surface area contributed by atoms with Crippen molar-refractivity contribution in [3.8, 4) is 5.69 Å². The number of nitrogens with one attached hydrogen (secondary N) is 1. The molecule has 2 heterocycles. The summed E-state index contributed by atoms with van der Waals surface area (Å²) < 4.78 is 1.93. The van der Waals surface area contributed by atoms with Crippen LogP contribution in [0.25, 0.3) is 5.69 Å². The van der Waals surface area contributed by atoms with E-state index in [0.717, 1.165) is 23.2 Å². The van der Waals surface area contributed by atoms with Crippen LogP contribution in [0.15, 0.2) is 66.0 Å². The molecule has 4 rings (SSSR count). The Bertz CT molecular complexity index is 1170. The van der Waals surface area contributed by atoms with E-state index in [1.165, 1.54) is 11.3 Å². The van der Waals surface area contributed by atoms with Gasteiger partial charge in [-0.25, -0.2) is 5.43 Å². The fraction of sp³-hybridized carbons (Fsp3) is 0.357. The number of fused-ring (bicyclic) bond motifs is 1. The zero-order valence-electron chi connectivity index (χ0n) is 20.5. The monoisotopic (exact) mass is 442 g/mol. The first-order valence-electron chi connectivity index (χ1n) is 11.7. The number of carbonyl (C=O) groups is 1. The Hall–Kier alpha value is -3.34. The van der Waals surface area contributed by atoms with E-state index in [4.69, 9.17) is 0 Å². The number of rotatable bonds is 5. The van der Waals surface area contributed by atoms with Crippen LogP contribution >= 0.6 is 0 Å². The molecule has 1 atom stereocenters. The van der Waals surface area contributed by atoms with Crippen LogP contribution in [0.5, 0.6) is 0 Å². The van der Waals surface area contributed by atoms with Crippen LogP contribution < -0.4 is 10.3 Å². The number of aromatic nitrogens is 1. The number of nitrogens with zero attached hydrogens (tertiary/aromatic N) is 3. The highest BCUT2D eigenvalue weighted by Gasteiger charge is 2.37. The second-order valence-corrected chi connectivity index (χ2v) is 9.96. The van der Waals surface area contributed by atoms with Gasteiger partial charge in [0, 0.05) is 29.7 Å². The van der Waals surface area contributed by atoms with Crippen LogP contribution in [0.3, 0.4) is 0 Å². The van der Waals surface area contributed by atoms with Gasteiger partial charge in [-0.3, -0.25) is 4.79 Å². The molecule has 1 aliphatic rings. The molecule has 3 aromatic rings. The number of amides is 1. The van der Waals surface area contributed by atoms with Crippen molar-refractivity contribution in [3.05, 3.63) is 83.2 Å². The van der Waals surface area contributed by atoms with Gasteiger partial charge in [-0.05, 0) is 100 Å². The van der Waals surface area contributed by atoms with E-state index in [2.05, 4.69) is 69.1 Å². The molecule has 1 amide bonds. The molecule has 2 aromatic carbocycles. The van der Waals surface area contributed by atoms with E-state index >= 15 is 0 Å². The lowest BCUT2D eigenvalue weighted by Gasteiger charge is -2.50.